The molecular formula is C24H25FN8S. The molecule has 0 radical (unpaired) electrons. The monoisotopic (exact) mass is 476 g/mol. The standard InChI is InChI=1S/C24H25FN8S/c1-14-10-17-18(11-15(14)2)32-20(31-17)5-8-26-9-6-21-33-22-23(29-13-30-24(22)34-21)28-12-19-16(25)4-3-7-27-19/h3-4,7,10-11,13,26H,5-6,8-9,12H2,1-2H3,(H,31,32)(H,28,29,30). The van der Waals surface area contributed by atoms with E-state index in [4.69, 9.17) is 9.97 Å². The molecule has 10 heteroatoms. The van der Waals surface area contributed by atoms with Gasteiger partial charge in [-0.2, -0.15) is 0 Å². The summed E-state index contributed by atoms with van der Waals surface area (Å²) in [7, 11) is 0. The fourth-order valence-corrected chi connectivity index (χ4v) is 4.62. The zero-order chi connectivity index (χ0) is 23.5. The highest BCUT2D eigenvalue weighted by atomic mass is 32.1. The van der Waals surface area contributed by atoms with Gasteiger partial charge in [0.05, 0.1) is 28.3 Å². The third-order valence-electron chi connectivity index (χ3n) is 5.70. The van der Waals surface area contributed by atoms with Crippen LogP contribution >= 0.6 is 11.3 Å². The van der Waals surface area contributed by atoms with Gasteiger partial charge in [-0.15, -0.1) is 0 Å². The van der Waals surface area contributed by atoms with Crippen LogP contribution in [0.25, 0.3) is 21.4 Å². The molecule has 174 valence electrons. The molecule has 0 saturated carbocycles. The lowest BCUT2D eigenvalue weighted by Gasteiger charge is -2.05. The second-order valence-electron chi connectivity index (χ2n) is 8.16. The maximum Gasteiger partial charge on any atom is 0.157 e. The van der Waals surface area contributed by atoms with Crippen LogP contribution in [0.1, 0.15) is 27.7 Å². The summed E-state index contributed by atoms with van der Waals surface area (Å²) in [5.41, 5.74) is 5.66. The molecule has 0 bridgehead atoms. The Kier molecular flexibility index (Phi) is 6.41. The summed E-state index contributed by atoms with van der Waals surface area (Å²) in [5, 5.41) is 7.58. The van der Waals surface area contributed by atoms with Crippen molar-refractivity contribution in [3.05, 3.63) is 70.3 Å². The van der Waals surface area contributed by atoms with Crippen molar-refractivity contribution in [2.24, 2.45) is 0 Å². The second kappa shape index (κ2) is 9.78. The lowest BCUT2D eigenvalue weighted by Crippen LogP contribution is -2.20. The fraction of sp³-hybridized carbons (Fsp3) is 0.292. The van der Waals surface area contributed by atoms with Gasteiger partial charge in [0.25, 0.3) is 0 Å². The molecule has 0 atom stereocenters. The van der Waals surface area contributed by atoms with Gasteiger partial charge in [-0.1, -0.05) is 11.3 Å². The Morgan fingerprint density at radius 1 is 1.03 bits per heavy atom. The smallest absolute Gasteiger partial charge is 0.157 e. The van der Waals surface area contributed by atoms with Crippen LogP contribution < -0.4 is 10.6 Å². The highest BCUT2D eigenvalue weighted by molar-refractivity contribution is 7.18. The third kappa shape index (κ3) is 4.87. The molecule has 5 rings (SSSR count). The van der Waals surface area contributed by atoms with Gasteiger partial charge < -0.3 is 15.6 Å². The molecule has 0 aliphatic carbocycles. The predicted octanol–water partition coefficient (Wildman–Crippen LogP) is 4.10. The first kappa shape index (κ1) is 22.3. The lowest BCUT2D eigenvalue weighted by atomic mass is 10.1. The van der Waals surface area contributed by atoms with Crippen molar-refractivity contribution in [3.8, 4) is 0 Å². The molecule has 0 fully saturated rings. The molecule has 0 saturated heterocycles. The van der Waals surface area contributed by atoms with E-state index in [1.165, 1.54) is 23.5 Å². The minimum atomic E-state index is -0.349. The molecule has 0 spiro atoms. The zero-order valence-electron chi connectivity index (χ0n) is 19.0. The maximum absolute atomic E-state index is 13.8. The molecule has 0 aliphatic heterocycles. The molecule has 8 nitrogen and oxygen atoms in total. The van der Waals surface area contributed by atoms with Crippen molar-refractivity contribution < 1.29 is 4.39 Å². The van der Waals surface area contributed by atoms with Crippen LogP contribution in [0.2, 0.25) is 0 Å². The van der Waals surface area contributed by atoms with E-state index in [1.807, 2.05) is 0 Å². The van der Waals surface area contributed by atoms with Gasteiger partial charge in [0.1, 0.15) is 28.3 Å². The quantitative estimate of drug-likeness (QED) is 0.275. The van der Waals surface area contributed by atoms with E-state index in [2.05, 4.69) is 56.5 Å². The number of anilines is 1. The zero-order valence-corrected chi connectivity index (χ0v) is 19.8. The average molecular weight is 477 g/mol. The van der Waals surface area contributed by atoms with E-state index in [9.17, 15) is 4.39 Å². The van der Waals surface area contributed by atoms with Crippen molar-refractivity contribution in [3.63, 3.8) is 0 Å². The summed E-state index contributed by atoms with van der Waals surface area (Å²) < 4.78 is 13.8. The Hall–Kier alpha value is -3.50. The Balaban J connectivity index is 1.15. The molecule has 0 aliphatic rings. The molecule has 5 aromatic rings. The number of nitrogens with zero attached hydrogens (tertiary/aromatic N) is 5. The summed E-state index contributed by atoms with van der Waals surface area (Å²) in [6.45, 7) is 6.08. The number of aromatic amines is 1. The summed E-state index contributed by atoms with van der Waals surface area (Å²) in [6.07, 6.45) is 4.68. The summed E-state index contributed by atoms with van der Waals surface area (Å²) in [5.74, 6) is 1.22. The summed E-state index contributed by atoms with van der Waals surface area (Å²) in [4.78, 5) is 26.3. The first-order chi connectivity index (χ1) is 16.6. The van der Waals surface area contributed by atoms with Gasteiger partial charge in [0, 0.05) is 32.1 Å². The first-order valence-electron chi connectivity index (χ1n) is 11.2. The van der Waals surface area contributed by atoms with E-state index >= 15 is 0 Å². The number of halogens is 1. The van der Waals surface area contributed by atoms with Crippen molar-refractivity contribution in [1.29, 1.82) is 0 Å². The van der Waals surface area contributed by atoms with E-state index in [0.29, 0.717) is 17.0 Å². The second-order valence-corrected chi connectivity index (χ2v) is 9.22. The Labute approximate surface area is 200 Å². The van der Waals surface area contributed by atoms with Crippen molar-refractivity contribution in [2.75, 3.05) is 18.4 Å². The molecule has 4 heterocycles. The van der Waals surface area contributed by atoms with E-state index in [0.717, 1.165) is 52.6 Å². The van der Waals surface area contributed by atoms with Crippen LogP contribution in [0.3, 0.4) is 0 Å². The number of hydrogen-bond acceptors (Lipinski definition) is 8. The Morgan fingerprint density at radius 3 is 2.76 bits per heavy atom. The number of nitrogens with one attached hydrogen (secondary N) is 3. The topological polar surface area (TPSA) is 104 Å². The molecule has 34 heavy (non-hydrogen) atoms. The SMILES string of the molecule is Cc1cc2nc(CCNCCc3nc4c(NCc5ncccc5F)ncnc4s3)[nH]c2cc1C. The normalized spacial score (nSPS) is 11.5. The van der Waals surface area contributed by atoms with Gasteiger partial charge in [-0.25, -0.2) is 24.3 Å². The highest BCUT2D eigenvalue weighted by Crippen LogP contribution is 2.25. The highest BCUT2D eigenvalue weighted by Gasteiger charge is 2.12. The molecule has 4 aromatic heterocycles. The summed E-state index contributed by atoms with van der Waals surface area (Å²) in [6, 6.07) is 7.25. The van der Waals surface area contributed by atoms with Crippen LogP contribution in [0.5, 0.6) is 0 Å². The van der Waals surface area contributed by atoms with Crippen LogP contribution in [0.15, 0.2) is 36.8 Å². The first-order valence-corrected chi connectivity index (χ1v) is 12.0. The number of imidazole rings is 1. The Bertz CT molecular complexity index is 1410. The third-order valence-corrected chi connectivity index (χ3v) is 6.72. The predicted molar refractivity (Wildman–Crippen MR) is 133 cm³/mol. The number of aromatic nitrogens is 6. The fourth-order valence-electron chi connectivity index (χ4n) is 3.72. The Morgan fingerprint density at radius 2 is 1.88 bits per heavy atom. The van der Waals surface area contributed by atoms with Crippen molar-refractivity contribution >= 4 is 38.5 Å². The number of thiazole rings is 1. The number of pyridine rings is 1. The summed E-state index contributed by atoms with van der Waals surface area (Å²) >= 11 is 1.55. The van der Waals surface area contributed by atoms with Gasteiger partial charge >= 0.3 is 0 Å². The van der Waals surface area contributed by atoms with Crippen molar-refractivity contribution in [1.82, 2.24) is 35.2 Å². The largest absolute Gasteiger partial charge is 0.362 e. The number of aryl methyl sites for hydroxylation is 2. The number of hydrogen-bond donors (Lipinski definition) is 3. The van der Waals surface area contributed by atoms with Gasteiger partial charge in [0.2, 0.25) is 0 Å². The number of benzene rings is 1. The number of H-pyrrole nitrogens is 1. The molecule has 3 N–H and O–H groups in total. The maximum atomic E-state index is 13.8. The minimum Gasteiger partial charge on any atom is -0.362 e. The van der Waals surface area contributed by atoms with Crippen LogP contribution in [0.4, 0.5) is 10.2 Å². The van der Waals surface area contributed by atoms with E-state index < -0.39 is 0 Å². The lowest BCUT2D eigenvalue weighted by molar-refractivity contribution is 0.602. The van der Waals surface area contributed by atoms with Gasteiger partial charge in [-0.3, -0.25) is 4.98 Å². The van der Waals surface area contributed by atoms with Crippen LogP contribution in [0, 0.1) is 19.7 Å². The molecule has 0 amide bonds. The van der Waals surface area contributed by atoms with Crippen LogP contribution in [-0.4, -0.2) is 43.0 Å². The van der Waals surface area contributed by atoms with Crippen molar-refractivity contribution in [2.45, 2.75) is 33.2 Å². The molecule has 0 unspecified atom stereocenters. The molecule has 1 aromatic carbocycles. The average Bonchev–Trinajstić information content (AvgIpc) is 3.42. The van der Waals surface area contributed by atoms with E-state index in [1.54, 1.807) is 23.6 Å². The van der Waals surface area contributed by atoms with Crippen LogP contribution in [-0.2, 0) is 19.4 Å². The minimum absolute atomic E-state index is 0.230. The van der Waals surface area contributed by atoms with Gasteiger partial charge in [-0.05, 0) is 49.2 Å². The number of fused-ring (bicyclic) bond motifs is 2. The molecular weight excluding hydrogens is 451 g/mol. The number of rotatable bonds is 9. The van der Waals surface area contributed by atoms with E-state index in [-0.39, 0.29) is 12.4 Å². The van der Waals surface area contributed by atoms with Gasteiger partial charge in [0.15, 0.2) is 5.82 Å².